The van der Waals surface area contributed by atoms with Crippen LogP contribution in [-0.2, 0) is 15.8 Å². The lowest BCUT2D eigenvalue weighted by molar-refractivity contribution is -0.137. The molecule has 2 fully saturated rings. The molecule has 1 saturated heterocycles. The standard InChI is InChI=1S/C28H23F3N2O3/c29-28(30,31)23-8-4-5-9-24(23)32-25(34)18-10-13-20(14-11-18)33-26(35)21-15-12-19(16-22(21)27(33)36)17-6-2-1-3-7-17/h1-11,13-14,19,21-22H,12,15-16H2,(H,32,34)/t19-,21-,22+/m0/s1. The van der Waals surface area contributed by atoms with Crippen LogP contribution in [0.5, 0.6) is 0 Å². The Labute approximate surface area is 205 Å². The molecule has 1 aliphatic carbocycles. The highest BCUT2D eigenvalue weighted by atomic mass is 19.4. The Bertz CT molecular complexity index is 1310. The average Bonchev–Trinajstić information content (AvgIpc) is 3.13. The van der Waals surface area contributed by atoms with E-state index in [1.54, 1.807) is 0 Å². The molecule has 3 aromatic carbocycles. The molecule has 3 amide bonds. The van der Waals surface area contributed by atoms with E-state index in [1.807, 2.05) is 30.3 Å². The van der Waals surface area contributed by atoms with Crippen molar-refractivity contribution in [2.24, 2.45) is 11.8 Å². The third-order valence-corrected chi connectivity index (χ3v) is 7.06. The van der Waals surface area contributed by atoms with Crippen LogP contribution in [0.4, 0.5) is 24.5 Å². The summed E-state index contributed by atoms with van der Waals surface area (Å²) >= 11 is 0. The zero-order chi connectivity index (χ0) is 25.4. The topological polar surface area (TPSA) is 66.5 Å². The molecule has 36 heavy (non-hydrogen) atoms. The van der Waals surface area contributed by atoms with Gasteiger partial charge in [0.15, 0.2) is 0 Å². The molecule has 1 N–H and O–H groups in total. The Hall–Kier alpha value is -3.94. The number of hydrogen-bond acceptors (Lipinski definition) is 3. The van der Waals surface area contributed by atoms with Gasteiger partial charge in [0, 0.05) is 5.56 Å². The zero-order valence-corrected chi connectivity index (χ0v) is 19.2. The van der Waals surface area contributed by atoms with Gasteiger partial charge < -0.3 is 5.32 Å². The quantitative estimate of drug-likeness (QED) is 0.452. The molecule has 0 unspecified atom stereocenters. The summed E-state index contributed by atoms with van der Waals surface area (Å²) in [6.45, 7) is 0. The fraction of sp³-hybridized carbons (Fsp3) is 0.250. The number of carbonyl (C=O) groups excluding carboxylic acids is 3. The number of nitrogens with one attached hydrogen (secondary N) is 1. The van der Waals surface area contributed by atoms with Gasteiger partial charge in [-0.15, -0.1) is 0 Å². The molecule has 0 radical (unpaired) electrons. The molecular weight excluding hydrogens is 469 g/mol. The van der Waals surface area contributed by atoms with E-state index in [1.165, 1.54) is 47.4 Å². The Morgan fingerprint density at radius 2 is 1.44 bits per heavy atom. The number of benzene rings is 3. The number of fused-ring (bicyclic) bond motifs is 1. The Kier molecular flexibility index (Phi) is 6.12. The van der Waals surface area contributed by atoms with Crippen LogP contribution in [0.25, 0.3) is 0 Å². The lowest BCUT2D eigenvalue weighted by Crippen LogP contribution is -2.30. The van der Waals surface area contributed by atoms with E-state index >= 15 is 0 Å². The Morgan fingerprint density at radius 3 is 2.14 bits per heavy atom. The Balaban J connectivity index is 1.31. The summed E-state index contributed by atoms with van der Waals surface area (Å²) in [4.78, 5) is 40.1. The van der Waals surface area contributed by atoms with Crippen LogP contribution in [0.3, 0.4) is 0 Å². The second-order valence-corrected chi connectivity index (χ2v) is 9.19. The lowest BCUT2D eigenvalue weighted by Gasteiger charge is -2.28. The highest BCUT2D eigenvalue weighted by Gasteiger charge is 2.50. The van der Waals surface area contributed by atoms with Crippen LogP contribution in [0, 0.1) is 11.8 Å². The summed E-state index contributed by atoms with van der Waals surface area (Å²) in [5.74, 6) is -1.75. The maximum absolute atomic E-state index is 13.2. The predicted molar refractivity (Wildman–Crippen MR) is 128 cm³/mol. The summed E-state index contributed by atoms with van der Waals surface area (Å²) in [6.07, 6.45) is -2.55. The summed E-state index contributed by atoms with van der Waals surface area (Å²) in [5, 5.41) is 2.29. The first-order valence-electron chi connectivity index (χ1n) is 11.7. The van der Waals surface area contributed by atoms with Gasteiger partial charge in [-0.1, -0.05) is 42.5 Å². The van der Waals surface area contributed by atoms with Gasteiger partial charge in [0.2, 0.25) is 11.8 Å². The first-order valence-corrected chi connectivity index (χ1v) is 11.7. The summed E-state index contributed by atoms with van der Waals surface area (Å²) < 4.78 is 39.7. The largest absolute Gasteiger partial charge is 0.418 e. The molecule has 3 atom stereocenters. The van der Waals surface area contributed by atoms with Crippen molar-refractivity contribution < 1.29 is 27.6 Å². The third-order valence-electron chi connectivity index (χ3n) is 7.06. The van der Waals surface area contributed by atoms with Crippen LogP contribution in [0.15, 0.2) is 78.9 Å². The van der Waals surface area contributed by atoms with Gasteiger partial charge in [-0.05, 0) is 67.1 Å². The molecule has 5 rings (SSSR count). The van der Waals surface area contributed by atoms with Crippen LogP contribution >= 0.6 is 0 Å². The minimum atomic E-state index is -4.61. The SMILES string of the molecule is O=C(Nc1ccccc1C(F)(F)F)c1ccc(N2C(=O)[C@H]3CC[C@H](c4ccccc4)C[C@H]3C2=O)cc1. The molecule has 1 aliphatic heterocycles. The highest BCUT2D eigenvalue weighted by molar-refractivity contribution is 6.22. The van der Waals surface area contributed by atoms with Crippen LogP contribution in [-0.4, -0.2) is 17.7 Å². The minimum absolute atomic E-state index is 0.108. The lowest BCUT2D eigenvalue weighted by atomic mass is 9.73. The third kappa shape index (κ3) is 4.39. The molecule has 1 heterocycles. The van der Waals surface area contributed by atoms with E-state index in [4.69, 9.17) is 0 Å². The zero-order valence-electron chi connectivity index (χ0n) is 19.2. The number of nitrogens with zero attached hydrogens (tertiary/aromatic N) is 1. The number of rotatable bonds is 4. The van der Waals surface area contributed by atoms with Crippen molar-refractivity contribution in [2.45, 2.75) is 31.4 Å². The maximum atomic E-state index is 13.2. The molecular formula is C28H23F3N2O3. The summed E-state index contributed by atoms with van der Waals surface area (Å²) in [6, 6.07) is 20.4. The van der Waals surface area contributed by atoms with Gasteiger partial charge in [0.25, 0.3) is 5.91 Å². The van der Waals surface area contributed by atoms with Crippen LogP contribution < -0.4 is 10.2 Å². The number of halogens is 3. The predicted octanol–water partition coefficient (Wildman–Crippen LogP) is 6.03. The molecule has 0 spiro atoms. The number of imide groups is 1. The molecule has 2 aliphatic rings. The molecule has 0 aromatic heterocycles. The number of para-hydroxylation sites is 1. The van der Waals surface area contributed by atoms with Gasteiger partial charge >= 0.3 is 6.18 Å². The average molecular weight is 492 g/mol. The van der Waals surface area contributed by atoms with E-state index in [0.29, 0.717) is 18.5 Å². The van der Waals surface area contributed by atoms with Gasteiger partial charge in [0.1, 0.15) is 0 Å². The van der Waals surface area contributed by atoms with Crippen LogP contribution in [0.2, 0.25) is 0 Å². The van der Waals surface area contributed by atoms with Gasteiger partial charge in [-0.2, -0.15) is 13.2 Å². The van der Waals surface area contributed by atoms with Crippen LogP contribution in [0.1, 0.15) is 46.7 Å². The van der Waals surface area contributed by atoms with Crippen molar-refractivity contribution in [3.63, 3.8) is 0 Å². The van der Waals surface area contributed by atoms with E-state index in [2.05, 4.69) is 5.32 Å². The van der Waals surface area contributed by atoms with E-state index in [9.17, 15) is 27.6 Å². The fourth-order valence-corrected chi connectivity index (χ4v) is 5.26. The molecule has 0 bridgehead atoms. The van der Waals surface area contributed by atoms with Gasteiger partial charge in [-0.3, -0.25) is 19.3 Å². The molecule has 1 saturated carbocycles. The second-order valence-electron chi connectivity index (χ2n) is 9.19. The van der Waals surface area contributed by atoms with Crippen molar-refractivity contribution in [2.75, 3.05) is 10.2 Å². The van der Waals surface area contributed by atoms with Crippen molar-refractivity contribution in [1.29, 1.82) is 0 Å². The van der Waals surface area contributed by atoms with Crippen molar-refractivity contribution in [3.05, 3.63) is 95.6 Å². The number of hydrogen-bond donors (Lipinski definition) is 1. The smallest absolute Gasteiger partial charge is 0.321 e. The summed E-state index contributed by atoms with van der Waals surface area (Å²) in [7, 11) is 0. The van der Waals surface area contributed by atoms with E-state index in [-0.39, 0.29) is 34.9 Å². The fourth-order valence-electron chi connectivity index (χ4n) is 5.26. The van der Waals surface area contributed by atoms with E-state index in [0.717, 1.165) is 18.1 Å². The number of amides is 3. The monoisotopic (exact) mass is 492 g/mol. The molecule has 3 aromatic rings. The van der Waals surface area contributed by atoms with Crippen molar-refractivity contribution in [1.82, 2.24) is 0 Å². The first-order chi connectivity index (χ1) is 17.2. The second kappa shape index (κ2) is 9.26. The highest BCUT2D eigenvalue weighted by Crippen LogP contribution is 2.45. The number of anilines is 2. The molecule has 184 valence electrons. The maximum Gasteiger partial charge on any atom is 0.418 e. The van der Waals surface area contributed by atoms with E-state index < -0.39 is 23.6 Å². The van der Waals surface area contributed by atoms with Gasteiger partial charge in [0.05, 0.1) is 28.8 Å². The first kappa shape index (κ1) is 23.8. The normalized spacial score (nSPS) is 21.9. The van der Waals surface area contributed by atoms with Crippen molar-refractivity contribution >= 4 is 29.1 Å². The number of carbonyl (C=O) groups is 3. The van der Waals surface area contributed by atoms with Crippen molar-refractivity contribution in [3.8, 4) is 0 Å². The minimum Gasteiger partial charge on any atom is -0.321 e. The number of alkyl halides is 3. The molecule has 8 heteroatoms. The Morgan fingerprint density at radius 1 is 0.806 bits per heavy atom. The molecule has 5 nitrogen and oxygen atoms in total. The van der Waals surface area contributed by atoms with Gasteiger partial charge in [-0.25, -0.2) is 0 Å². The summed E-state index contributed by atoms with van der Waals surface area (Å²) in [5.41, 5.74) is 0.331.